The van der Waals surface area contributed by atoms with Crippen LogP contribution in [0.3, 0.4) is 0 Å². The highest BCUT2D eigenvalue weighted by Gasteiger charge is 2.09. The number of benzene rings is 1. The van der Waals surface area contributed by atoms with E-state index >= 15 is 0 Å². The van der Waals surface area contributed by atoms with E-state index in [1.54, 1.807) is 12.1 Å². The summed E-state index contributed by atoms with van der Waals surface area (Å²) in [6, 6.07) is 3.33. The van der Waals surface area contributed by atoms with E-state index in [4.69, 9.17) is 21.1 Å². The van der Waals surface area contributed by atoms with Crippen LogP contribution >= 0.6 is 11.6 Å². The first-order valence-corrected chi connectivity index (χ1v) is 5.23. The molecule has 1 aromatic rings. The molecule has 94 valence electrons. The van der Waals surface area contributed by atoms with Gasteiger partial charge in [0.25, 0.3) is 0 Å². The number of rotatable bonds is 6. The van der Waals surface area contributed by atoms with E-state index in [1.807, 2.05) is 0 Å². The Morgan fingerprint density at radius 1 is 1.35 bits per heavy atom. The zero-order chi connectivity index (χ0) is 12.7. The minimum Gasteiger partial charge on any atom is -0.493 e. The Bertz CT molecular complexity index is 399. The van der Waals surface area contributed by atoms with Crippen molar-refractivity contribution in [3.8, 4) is 11.5 Å². The zero-order valence-corrected chi connectivity index (χ0v) is 10.3. The predicted molar refractivity (Wildman–Crippen MR) is 64.1 cm³/mol. The highest BCUT2D eigenvalue weighted by atomic mass is 35.5. The molecule has 0 aliphatic heterocycles. The van der Waals surface area contributed by atoms with Gasteiger partial charge in [-0.25, -0.2) is 4.39 Å². The molecule has 0 spiro atoms. The molecule has 0 fully saturated rings. The largest absolute Gasteiger partial charge is 0.493 e. The van der Waals surface area contributed by atoms with Crippen molar-refractivity contribution >= 4 is 17.8 Å². The first-order chi connectivity index (χ1) is 8.22. The summed E-state index contributed by atoms with van der Waals surface area (Å²) in [5, 5.41) is 3.99. The summed E-state index contributed by atoms with van der Waals surface area (Å²) in [5.41, 5.74) is 0.673. The molecule has 0 saturated heterocycles. The van der Waals surface area contributed by atoms with Gasteiger partial charge in [-0.1, -0.05) is 16.8 Å². The SMILES string of the molecule is COc1cc(/C=N/OCCF)cc(Cl)c1OC. The third-order valence-corrected chi connectivity index (χ3v) is 2.18. The minimum absolute atomic E-state index is 0.0719. The summed E-state index contributed by atoms with van der Waals surface area (Å²) in [7, 11) is 3.01. The van der Waals surface area contributed by atoms with E-state index in [0.29, 0.717) is 22.1 Å². The van der Waals surface area contributed by atoms with Crippen LogP contribution in [0.15, 0.2) is 17.3 Å². The molecule has 6 heteroatoms. The van der Waals surface area contributed by atoms with Crippen molar-refractivity contribution in [3.63, 3.8) is 0 Å². The summed E-state index contributed by atoms with van der Waals surface area (Å²) in [6.07, 6.45) is 1.42. The second-order valence-corrected chi connectivity index (χ2v) is 3.40. The van der Waals surface area contributed by atoms with Crippen molar-refractivity contribution in [2.45, 2.75) is 0 Å². The summed E-state index contributed by atoms with van der Waals surface area (Å²) in [5.74, 6) is 0.947. The van der Waals surface area contributed by atoms with Gasteiger partial charge in [-0.15, -0.1) is 0 Å². The number of hydrogen-bond donors (Lipinski definition) is 0. The van der Waals surface area contributed by atoms with Gasteiger partial charge in [0, 0.05) is 5.56 Å². The standard InChI is InChI=1S/C11H13ClFNO3/c1-15-10-6-8(7-14-17-4-3-13)5-9(12)11(10)16-2/h5-7H,3-4H2,1-2H3/b14-7+. The number of halogens is 2. The molecule has 1 rings (SSSR count). The Balaban J connectivity index is 2.87. The number of nitrogens with zero attached hydrogens (tertiary/aromatic N) is 1. The van der Waals surface area contributed by atoms with E-state index in [2.05, 4.69) is 9.99 Å². The van der Waals surface area contributed by atoms with Gasteiger partial charge in [0.15, 0.2) is 11.5 Å². The summed E-state index contributed by atoms with van der Waals surface area (Å²) < 4.78 is 21.9. The van der Waals surface area contributed by atoms with Crippen LogP contribution in [0.4, 0.5) is 4.39 Å². The maximum atomic E-state index is 11.7. The van der Waals surface area contributed by atoms with Crippen molar-refractivity contribution in [2.75, 3.05) is 27.5 Å². The summed E-state index contributed by atoms with van der Waals surface area (Å²) >= 11 is 5.99. The third kappa shape index (κ3) is 3.78. The smallest absolute Gasteiger partial charge is 0.179 e. The van der Waals surface area contributed by atoms with Gasteiger partial charge in [0.2, 0.25) is 0 Å². The lowest BCUT2D eigenvalue weighted by Gasteiger charge is -2.09. The number of oxime groups is 1. The van der Waals surface area contributed by atoms with Crippen LogP contribution in [0.2, 0.25) is 5.02 Å². The van der Waals surface area contributed by atoms with Crippen LogP contribution < -0.4 is 9.47 Å². The molecular weight excluding hydrogens is 249 g/mol. The van der Waals surface area contributed by atoms with Crippen LogP contribution in [0.1, 0.15) is 5.56 Å². The number of methoxy groups -OCH3 is 2. The van der Waals surface area contributed by atoms with Crippen LogP contribution in [0.5, 0.6) is 11.5 Å². The van der Waals surface area contributed by atoms with Gasteiger partial charge < -0.3 is 14.3 Å². The number of hydrogen-bond acceptors (Lipinski definition) is 4. The molecule has 0 N–H and O–H groups in total. The van der Waals surface area contributed by atoms with Crippen molar-refractivity contribution in [2.24, 2.45) is 5.16 Å². The van der Waals surface area contributed by atoms with Gasteiger partial charge in [-0.3, -0.25) is 0 Å². The molecule has 0 saturated carbocycles. The molecule has 4 nitrogen and oxygen atoms in total. The Labute approximate surface area is 104 Å². The van der Waals surface area contributed by atoms with Crippen molar-refractivity contribution in [1.82, 2.24) is 0 Å². The Morgan fingerprint density at radius 3 is 2.71 bits per heavy atom. The monoisotopic (exact) mass is 261 g/mol. The lowest BCUT2D eigenvalue weighted by Crippen LogP contribution is -1.94. The van der Waals surface area contributed by atoms with Gasteiger partial charge in [-0.05, 0) is 12.1 Å². The highest BCUT2D eigenvalue weighted by molar-refractivity contribution is 6.32. The van der Waals surface area contributed by atoms with E-state index < -0.39 is 6.67 Å². The molecule has 0 unspecified atom stereocenters. The molecule has 0 aliphatic carbocycles. The van der Waals surface area contributed by atoms with E-state index in [9.17, 15) is 4.39 Å². The topological polar surface area (TPSA) is 40.0 Å². The molecule has 17 heavy (non-hydrogen) atoms. The van der Waals surface area contributed by atoms with E-state index in [-0.39, 0.29) is 6.61 Å². The average molecular weight is 262 g/mol. The molecule has 0 radical (unpaired) electrons. The second-order valence-electron chi connectivity index (χ2n) is 2.99. The number of ether oxygens (including phenoxy) is 2. The zero-order valence-electron chi connectivity index (χ0n) is 9.57. The molecular formula is C11H13ClFNO3. The lowest BCUT2D eigenvalue weighted by atomic mass is 10.2. The normalized spacial score (nSPS) is 10.6. The van der Waals surface area contributed by atoms with Crippen LogP contribution in [-0.4, -0.2) is 33.7 Å². The van der Waals surface area contributed by atoms with Gasteiger partial charge >= 0.3 is 0 Å². The van der Waals surface area contributed by atoms with Crippen molar-refractivity contribution in [3.05, 3.63) is 22.7 Å². The van der Waals surface area contributed by atoms with Crippen molar-refractivity contribution < 1.29 is 18.7 Å². The first kappa shape index (κ1) is 13.6. The Hall–Kier alpha value is -1.49. The minimum atomic E-state index is -0.579. The van der Waals surface area contributed by atoms with E-state index in [0.717, 1.165) is 0 Å². The summed E-state index contributed by atoms with van der Waals surface area (Å²) in [4.78, 5) is 4.64. The fraction of sp³-hybridized carbons (Fsp3) is 0.364. The molecule has 0 aromatic heterocycles. The van der Waals surface area contributed by atoms with Crippen LogP contribution in [0, 0.1) is 0 Å². The molecule has 0 aliphatic rings. The predicted octanol–water partition coefficient (Wildman–Crippen LogP) is 2.68. The second kappa shape index (κ2) is 6.96. The quantitative estimate of drug-likeness (QED) is 0.449. The molecule has 0 atom stereocenters. The Kier molecular flexibility index (Phi) is 5.56. The number of alkyl halides is 1. The highest BCUT2D eigenvalue weighted by Crippen LogP contribution is 2.35. The van der Waals surface area contributed by atoms with Gasteiger partial charge in [-0.2, -0.15) is 0 Å². The molecule has 1 aromatic carbocycles. The maximum Gasteiger partial charge on any atom is 0.179 e. The summed E-state index contributed by atoms with van der Waals surface area (Å²) in [6.45, 7) is -0.651. The van der Waals surface area contributed by atoms with Gasteiger partial charge in [0.05, 0.1) is 25.5 Å². The maximum absolute atomic E-state index is 11.7. The van der Waals surface area contributed by atoms with Gasteiger partial charge in [0.1, 0.15) is 13.3 Å². The first-order valence-electron chi connectivity index (χ1n) is 4.85. The van der Waals surface area contributed by atoms with Crippen LogP contribution in [0.25, 0.3) is 0 Å². The van der Waals surface area contributed by atoms with Crippen molar-refractivity contribution in [1.29, 1.82) is 0 Å². The van der Waals surface area contributed by atoms with E-state index in [1.165, 1.54) is 20.4 Å². The fourth-order valence-electron chi connectivity index (χ4n) is 1.20. The molecule has 0 heterocycles. The lowest BCUT2D eigenvalue weighted by molar-refractivity contribution is 0.129. The molecule has 0 bridgehead atoms. The Morgan fingerprint density at radius 2 is 2.12 bits per heavy atom. The van der Waals surface area contributed by atoms with Crippen LogP contribution in [-0.2, 0) is 4.84 Å². The molecule has 0 amide bonds. The third-order valence-electron chi connectivity index (χ3n) is 1.90. The fourth-order valence-corrected chi connectivity index (χ4v) is 1.49. The average Bonchev–Trinajstić information content (AvgIpc) is 2.34.